The third-order valence-corrected chi connectivity index (χ3v) is 9.27. The zero-order chi connectivity index (χ0) is 21.6. The maximum atomic E-state index is 12.9. The number of esters is 2. The normalized spacial score (nSPS) is 57.4. The lowest BCUT2D eigenvalue weighted by Gasteiger charge is -2.54. The lowest BCUT2D eigenvalue weighted by molar-refractivity contribution is -0.169. The molecule has 0 radical (unpaired) electrons. The largest absolute Gasteiger partial charge is 0.459 e. The Morgan fingerprint density at radius 2 is 1.87 bits per heavy atom. The molecule has 0 bridgehead atoms. The van der Waals surface area contributed by atoms with E-state index >= 15 is 0 Å². The minimum Gasteiger partial charge on any atom is -0.459 e. The molecule has 4 aliphatic heterocycles. The van der Waals surface area contributed by atoms with Gasteiger partial charge in [0.1, 0.15) is 29.3 Å². The second-order valence-corrected chi connectivity index (χ2v) is 11.6. The predicted molar refractivity (Wildman–Crippen MR) is 99.4 cm³/mol. The van der Waals surface area contributed by atoms with Crippen LogP contribution in [-0.2, 0) is 39.3 Å². The van der Waals surface area contributed by atoms with Gasteiger partial charge in [-0.15, -0.1) is 0 Å². The number of aliphatic hydroxyl groups is 2. The molecule has 6 aliphatic rings. The molecule has 6 rings (SSSR count). The van der Waals surface area contributed by atoms with Gasteiger partial charge in [0, 0.05) is 34.5 Å². The summed E-state index contributed by atoms with van der Waals surface area (Å²) >= 11 is 0. The highest BCUT2D eigenvalue weighted by molar-refractivity contribution is 7.84. The number of epoxide rings is 2. The maximum Gasteiger partial charge on any atom is 0.331 e. The van der Waals surface area contributed by atoms with Gasteiger partial charge in [0.15, 0.2) is 11.7 Å². The Kier molecular flexibility index (Phi) is 3.34. The summed E-state index contributed by atoms with van der Waals surface area (Å²) in [5.74, 6) is -1.72. The summed E-state index contributed by atoms with van der Waals surface area (Å²) in [7, 11) is -1.36. The Bertz CT molecular complexity index is 960. The monoisotopic (exact) mass is 440 g/mol. The molecule has 0 aromatic carbocycles. The molecular weight excluding hydrogens is 416 g/mol. The molecule has 2 N–H and O–H groups in total. The van der Waals surface area contributed by atoms with Crippen LogP contribution in [0.25, 0.3) is 0 Å². The molecule has 5 fully saturated rings. The van der Waals surface area contributed by atoms with E-state index in [-0.39, 0.29) is 5.75 Å². The van der Waals surface area contributed by atoms with E-state index in [9.17, 15) is 24.0 Å². The number of hydrogen-bond acceptors (Lipinski definition) is 9. The van der Waals surface area contributed by atoms with Crippen LogP contribution in [0.2, 0.25) is 0 Å². The number of cyclic esters (lactones) is 1. The van der Waals surface area contributed by atoms with E-state index in [2.05, 4.69) is 0 Å². The number of carbonyl (C=O) groups excluding carboxylic acids is 2. The molecule has 0 aromatic heterocycles. The molecular formula is C20H24O9S. The molecule has 2 saturated carbocycles. The van der Waals surface area contributed by atoms with Crippen molar-refractivity contribution in [3.05, 3.63) is 11.6 Å². The van der Waals surface area contributed by atoms with Crippen molar-refractivity contribution in [2.24, 2.45) is 16.7 Å². The highest BCUT2D eigenvalue weighted by Gasteiger charge is 2.89. The Labute approximate surface area is 175 Å². The second kappa shape index (κ2) is 5.17. The van der Waals surface area contributed by atoms with Crippen molar-refractivity contribution in [3.63, 3.8) is 0 Å². The fourth-order valence-electron chi connectivity index (χ4n) is 7.15. The van der Waals surface area contributed by atoms with E-state index in [4.69, 9.17) is 18.9 Å². The minimum atomic E-state index is -1.63. The van der Waals surface area contributed by atoms with Crippen LogP contribution < -0.4 is 0 Å². The van der Waals surface area contributed by atoms with Crippen molar-refractivity contribution >= 4 is 22.7 Å². The van der Waals surface area contributed by atoms with Gasteiger partial charge in [0.05, 0.1) is 18.0 Å². The summed E-state index contributed by atoms with van der Waals surface area (Å²) in [5.41, 5.74) is -4.23. The lowest BCUT2D eigenvalue weighted by Crippen LogP contribution is -2.68. The van der Waals surface area contributed by atoms with Crippen LogP contribution in [-0.4, -0.2) is 86.2 Å². The first kappa shape index (κ1) is 19.4. The first-order valence-electron chi connectivity index (χ1n) is 10.1. The fourth-order valence-corrected chi connectivity index (χ4v) is 8.13. The molecule has 12 atom stereocenters. The van der Waals surface area contributed by atoms with Crippen LogP contribution in [0.5, 0.6) is 0 Å². The highest BCUT2D eigenvalue weighted by atomic mass is 32.2. The van der Waals surface area contributed by atoms with Crippen LogP contribution in [0, 0.1) is 16.7 Å². The zero-order valence-electron chi connectivity index (χ0n) is 17.0. The van der Waals surface area contributed by atoms with Crippen molar-refractivity contribution in [2.75, 3.05) is 12.0 Å². The molecule has 0 aromatic rings. The molecule has 9 nitrogen and oxygen atoms in total. The zero-order valence-corrected chi connectivity index (χ0v) is 17.8. The van der Waals surface area contributed by atoms with E-state index in [0.717, 1.165) is 0 Å². The SMILES string of the molecule is CS(=O)C[C@](C)(O)[C@H]1OC(=O)C=C2[C@]3(C)[C@H]4[C@H](OC(=O)[C@@]4(C)[C@H](O)[C@H]4O[C@H]43)[C@H]3O[C@@]231. The van der Waals surface area contributed by atoms with Crippen molar-refractivity contribution < 1.29 is 43.0 Å². The average molecular weight is 440 g/mol. The fraction of sp³-hybridized carbons (Fsp3) is 0.800. The number of carbonyl (C=O) groups is 2. The van der Waals surface area contributed by atoms with Crippen molar-refractivity contribution in [3.8, 4) is 0 Å². The molecule has 10 heteroatoms. The molecule has 3 saturated heterocycles. The summed E-state index contributed by atoms with van der Waals surface area (Å²) in [6.45, 7) is 5.07. The Balaban J connectivity index is 1.54. The number of rotatable bonds is 3. The van der Waals surface area contributed by atoms with Crippen LogP contribution in [0.4, 0.5) is 0 Å². The average Bonchev–Trinajstić information content (AvgIpc) is 3.52. The van der Waals surface area contributed by atoms with E-state index in [0.29, 0.717) is 5.57 Å². The van der Waals surface area contributed by atoms with Gasteiger partial charge in [-0.1, -0.05) is 6.92 Å². The van der Waals surface area contributed by atoms with Gasteiger partial charge in [-0.2, -0.15) is 0 Å². The van der Waals surface area contributed by atoms with Gasteiger partial charge in [-0.3, -0.25) is 9.00 Å². The Morgan fingerprint density at radius 3 is 2.53 bits per heavy atom. The summed E-state index contributed by atoms with van der Waals surface area (Å²) in [6, 6.07) is 0. The van der Waals surface area contributed by atoms with Crippen LogP contribution in [0.3, 0.4) is 0 Å². The van der Waals surface area contributed by atoms with E-state index in [1.165, 1.54) is 19.3 Å². The van der Waals surface area contributed by atoms with E-state index < -0.39 is 87.3 Å². The van der Waals surface area contributed by atoms with Crippen molar-refractivity contribution in [1.29, 1.82) is 0 Å². The Morgan fingerprint density at radius 1 is 1.17 bits per heavy atom. The standard InChI is InChI=1S/C20H24O9S/c1-17(24,6-30(4)25)15-20-7(5-8(21)26-15)18(2)11-9(14(20)29-20)28-16(23)19(11,3)12(22)10-13(18)27-10/h5,9-15,22,24H,6H2,1-4H3/t9-,10+,11+,12+,13+,14+,15+,17-,18+,19+,20-,30?/m0/s1. The van der Waals surface area contributed by atoms with Gasteiger partial charge in [-0.25, -0.2) is 4.79 Å². The predicted octanol–water partition coefficient (Wildman–Crippen LogP) is -1.18. The van der Waals surface area contributed by atoms with Gasteiger partial charge < -0.3 is 29.2 Å². The number of fused-ring (bicyclic) bond motifs is 4. The van der Waals surface area contributed by atoms with Crippen molar-refractivity contribution in [2.45, 2.75) is 68.6 Å². The van der Waals surface area contributed by atoms with Gasteiger partial charge >= 0.3 is 11.9 Å². The van der Waals surface area contributed by atoms with Crippen LogP contribution in [0.15, 0.2) is 11.6 Å². The number of ether oxygens (including phenoxy) is 4. The number of hydrogen-bond donors (Lipinski definition) is 2. The van der Waals surface area contributed by atoms with Crippen molar-refractivity contribution in [1.82, 2.24) is 0 Å². The molecule has 164 valence electrons. The van der Waals surface area contributed by atoms with Gasteiger partial charge in [0.2, 0.25) is 0 Å². The minimum absolute atomic E-state index is 0.111. The molecule has 1 spiro atoms. The maximum absolute atomic E-state index is 12.9. The summed E-state index contributed by atoms with van der Waals surface area (Å²) in [6.07, 6.45) is -1.54. The molecule has 2 aliphatic carbocycles. The third kappa shape index (κ3) is 1.88. The van der Waals surface area contributed by atoms with Gasteiger partial charge in [-0.05, 0) is 19.4 Å². The first-order chi connectivity index (χ1) is 13.9. The number of aliphatic hydroxyl groups excluding tert-OH is 1. The quantitative estimate of drug-likeness (QED) is 0.410. The van der Waals surface area contributed by atoms with E-state index in [1.807, 2.05) is 6.92 Å². The van der Waals surface area contributed by atoms with Crippen LogP contribution >= 0.6 is 0 Å². The van der Waals surface area contributed by atoms with E-state index in [1.54, 1.807) is 6.92 Å². The Hall–Kier alpha value is -1.33. The third-order valence-electron chi connectivity index (χ3n) is 8.28. The second-order valence-electron chi connectivity index (χ2n) is 10.2. The summed E-state index contributed by atoms with van der Waals surface area (Å²) in [4.78, 5) is 25.6. The topological polar surface area (TPSA) is 135 Å². The van der Waals surface area contributed by atoms with Crippen LogP contribution in [0.1, 0.15) is 20.8 Å². The smallest absolute Gasteiger partial charge is 0.331 e. The first-order valence-corrected chi connectivity index (χ1v) is 11.8. The highest BCUT2D eigenvalue weighted by Crippen LogP contribution is 2.75. The lowest BCUT2D eigenvalue weighted by atomic mass is 9.46. The molecule has 0 amide bonds. The van der Waals surface area contributed by atoms with Gasteiger partial charge in [0.25, 0.3) is 0 Å². The molecule has 4 heterocycles. The molecule has 30 heavy (non-hydrogen) atoms. The summed E-state index contributed by atoms with van der Waals surface area (Å²) in [5, 5.41) is 22.0. The summed E-state index contributed by atoms with van der Waals surface area (Å²) < 4.78 is 35.2. The molecule has 1 unspecified atom stereocenters.